The van der Waals surface area contributed by atoms with E-state index in [4.69, 9.17) is 9.47 Å². The number of benzene rings is 2. The van der Waals surface area contributed by atoms with Crippen molar-refractivity contribution >= 4 is 29.3 Å². The van der Waals surface area contributed by atoms with E-state index in [0.29, 0.717) is 17.2 Å². The Hall–Kier alpha value is -3.28. The Morgan fingerprint density at radius 2 is 1.66 bits per heavy atom. The maximum Gasteiger partial charge on any atom is 0.248 e. The van der Waals surface area contributed by atoms with Crippen LogP contribution in [0.2, 0.25) is 0 Å². The van der Waals surface area contributed by atoms with E-state index in [1.807, 2.05) is 32.0 Å². The van der Waals surface area contributed by atoms with Gasteiger partial charge in [-0.3, -0.25) is 9.59 Å². The van der Waals surface area contributed by atoms with E-state index in [1.165, 1.54) is 6.08 Å². The van der Waals surface area contributed by atoms with E-state index < -0.39 is 0 Å². The summed E-state index contributed by atoms with van der Waals surface area (Å²) in [7, 11) is 1.58. The molecule has 6 heteroatoms. The van der Waals surface area contributed by atoms with Gasteiger partial charge in [0.2, 0.25) is 11.8 Å². The van der Waals surface area contributed by atoms with Crippen LogP contribution in [0.3, 0.4) is 0 Å². The Kier molecular flexibility index (Phi) is 6.54. The fourth-order valence-electron chi connectivity index (χ4n) is 2.72. The average molecular weight is 394 g/mol. The van der Waals surface area contributed by atoms with E-state index >= 15 is 0 Å². The fraction of sp³-hybridized carbons (Fsp3) is 0.304. The summed E-state index contributed by atoms with van der Waals surface area (Å²) in [6.45, 7) is 3.90. The Bertz CT molecular complexity index is 900. The highest BCUT2D eigenvalue weighted by atomic mass is 16.5. The molecule has 3 rings (SSSR count). The molecule has 0 radical (unpaired) electrons. The third-order valence-electron chi connectivity index (χ3n) is 4.35. The van der Waals surface area contributed by atoms with Crippen LogP contribution in [0.1, 0.15) is 32.3 Å². The monoisotopic (exact) mass is 394 g/mol. The molecular formula is C23H26N2O4. The number of hydrogen-bond donors (Lipinski definition) is 2. The summed E-state index contributed by atoms with van der Waals surface area (Å²) >= 11 is 0. The lowest BCUT2D eigenvalue weighted by atomic mass is 10.2. The summed E-state index contributed by atoms with van der Waals surface area (Å²) in [5.74, 6) is 1.25. The van der Waals surface area contributed by atoms with Crippen LogP contribution in [0.5, 0.6) is 11.5 Å². The van der Waals surface area contributed by atoms with Gasteiger partial charge < -0.3 is 20.1 Å². The summed E-state index contributed by atoms with van der Waals surface area (Å²) < 4.78 is 11.0. The molecule has 1 saturated carbocycles. The molecule has 1 fully saturated rings. The van der Waals surface area contributed by atoms with Gasteiger partial charge in [-0.05, 0) is 74.7 Å². The van der Waals surface area contributed by atoms with Crippen molar-refractivity contribution in [2.75, 3.05) is 17.7 Å². The molecule has 1 aliphatic rings. The number of amides is 2. The van der Waals surface area contributed by atoms with Gasteiger partial charge in [0.05, 0.1) is 13.2 Å². The van der Waals surface area contributed by atoms with Crippen LogP contribution in [0, 0.1) is 5.92 Å². The maximum atomic E-state index is 12.2. The molecule has 0 spiro atoms. The topological polar surface area (TPSA) is 76.7 Å². The molecule has 0 heterocycles. The van der Waals surface area contributed by atoms with E-state index in [0.717, 1.165) is 24.1 Å². The first kappa shape index (κ1) is 20.5. The molecule has 6 nitrogen and oxygen atoms in total. The van der Waals surface area contributed by atoms with Crippen molar-refractivity contribution in [2.24, 2.45) is 5.92 Å². The maximum absolute atomic E-state index is 12.2. The second-order valence-corrected chi connectivity index (χ2v) is 7.24. The minimum atomic E-state index is -0.249. The first-order valence-electron chi connectivity index (χ1n) is 9.69. The van der Waals surface area contributed by atoms with Crippen LogP contribution in [-0.4, -0.2) is 25.0 Å². The molecular weight excluding hydrogens is 368 g/mol. The van der Waals surface area contributed by atoms with Crippen molar-refractivity contribution in [1.82, 2.24) is 0 Å². The lowest BCUT2D eigenvalue weighted by molar-refractivity contribution is -0.117. The van der Waals surface area contributed by atoms with Crippen LogP contribution >= 0.6 is 0 Å². The zero-order valence-electron chi connectivity index (χ0n) is 16.9. The van der Waals surface area contributed by atoms with Gasteiger partial charge in [0, 0.05) is 23.4 Å². The standard InChI is InChI=1S/C23H26N2O4/c1-15(2)29-20-12-4-16(14-21(20)28-3)5-13-22(26)24-18-8-10-19(11-9-18)25-23(27)17-6-7-17/h4-5,8-15,17H,6-7H2,1-3H3,(H,24,26)(H,25,27)/b13-5+. The van der Waals surface area contributed by atoms with Gasteiger partial charge in [0.25, 0.3) is 0 Å². The van der Waals surface area contributed by atoms with Crippen LogP contribution in [0.25, 0.3) is 6.08 Å². The fourth-order valence-corrected chi connectivity index (χ4v) is 2.72. The van der Waals surface area contributed by atoms with Gasteiger partial charge in [-0.25, -0.2) is 0 Å². The molecule has 2 amide bonds. The largest absolute Gasteiger partial charge is 0.493 e. The van der Waals surface area contributed by atoms with Crippen molar-refractivity contribution in [2.45, 2.75) is 32.8 Å². The van der Waals surface area contributed by atoms with Crippen molar-refractivity contribution in [3.05, 3.63) is 54.1 Å². The predicted octanol–water partition coefficient (Wildman–Crippen LogP) is 4.48. The Morgan fingerprint density at radius 3 is 2.24 bits per heavy atom. The lowest BCUT2D eigenvalue weighted by Crippen LogP contribution is -2.13. The average Bonchev–Trinajstić information content (AvgIpc) is 3.53. The molecule has 0 aliphatic heterocycles. The van der Waals surface area contributed by atoms with Crippen LogP contribution in [-0.2, 0) is 9.59 Å². The molecule has 1 aliphatic carbocycles. The predicted molar refractivity (Wildman–Crippen MR) is 114 cm³/mol. The van der Waals surface area contributed by atoms with Crippen molar-refractivity contribution in [3.63, 3.8) is 0 Å². The highest BCUT2D eigenvalue weighted by Gasteiger charge is 2.29. The number of ether oxygens (including phenoxy) is 2. The zero-order chi connectivity index (χ0) is 20.8. The molecule has 29 heavy (non-hydrogen) atoms. The molecule has 0 unspecified atom stereocenters. The molecule has 2 aromatic rings. The molecule has 0 bridgehead atoms. The van der Waals surface area contributed by atoms with E-state index in [1.54, 1.807) is 37.5 Å². The van der Waals surface area contributed by atoms with Crippen molar-refractivity contribution in [3.8, 4) is 11.5 Å². The van der Waals surface area contributed by atoms with Gasteiger partial charge in [-0.1, -0.05) is 6.07 Å². The van der Waals surface area contributed by atoms with Crippen LogP contribution in [0.4, 0.5) is 11.4 Å². The van der Waals surface area contributed by atoms with E-state index in [9.17, 15) is 9.59 Å². The third-order valence-corrected chi connectivity index (χ3v) is 4.35. The second kappa shape index (κ2) is 9.28. The second-order valence-electron chi connectivity index (χ2n) is 7.24. The van der Waals surface area contributed by atoms with E-state index in [2.05, 4.69) is 10.6 Å². The molecule has 0 atom stereocenters. The number of rotatable bonds is 8. The first-order valence-corrected chi connectivity index (χ1v) is 9.69. The first-order chi connectivity index (χ1) is 13.9. The Labute approximate surface area is 170 Å². The highest BCUT2D eigenvalue weighted by molar-refractivity contribution is 6.02. The zero-order valence-corrected chi connectivity index (χ0v) is 16.9. The minimum absolute atomic E-state index is 0.0458. The summed E-state index contributed by atoms with van der Waals surface area (Å²) in [4.78, 5) is 24.0. The summed E-state index contributed by atoms with van der Waals surface area (Å²) in [5.41, 5.74) is 2.21. The number of carbonyl (C=O) groups excluding carboxylic acids is 2. The molecule has 2 aromatic carbocycles. The summed E-state index contributed by atoms with van der Waals surface area (Å²) in [5, 5.41) is 5.67. The molecule has 2 N–H and O–H groups in total. The van der Waals surface area contributed by atoms with Gasteiger partial charge in [0.15, 0.2) is 11.5 Å². The minimum Gasteiger partial charge on any atom is -0.493 e. The highest BCUT2D eigenvalue weighted by Crippen LogP contribution is 2.30. The quantitative estimate of drug-likeness (QED) is 0.647. The number of carbonyl (C=O) groups is 2. The van der Waals surface area contributed by atoms with Crippen LogP contribution in [0.15, 0.2) is 48.5 Å². The SMILES string of the molecule is COc1cc(/C=C/C(=O)Nc2ccc(NC(=O)C3CC3)cc2)ccc1OC(C)C. The smallest absolute Gasteiger partial charge is 0.248 e. The van der Waals surface area contributed by atoms with Crippen LogP contribution < -0.4 is 20.1 Å². The van der Waals surface area contributed by atoms with Crippen molar-refractivity contribution < 1.29 is 19.1 Å². The van der Waals surface area contributed by atoms with E-state index in [-0.39, 0.29) is 23.8 Å². The summed E-state index contributed by atoms with van der Waals surface area (Å²) in [6.07, 6.45) is 5.14. The number of anilines is 2. The normalized spacial score (nSPS) is 13.4. The van der Waals surface area contributed by atoms with Gasteiger partial charge >= 0.3 is 0 Å². The lowest BCUT2D eigenvalue weighted by Gasteiger charge is -2.13. The molecule has 0 aromatic heterocycles. The van der Waals surface area contributed by atoms with Gasteiger partial charge in [0.1, 0.15) is 0 Å². The summed E-state index contributed by atoms with van der Waals surface area (Å²) in [6, 6.07) is 12.6. The third kappa shape index (κ3) is 6.10. The van der Waals surface area contributed by atoms with Crippen molar-refractivity contribution in [1.29, 1.82) is 0 Å². The Morgan fingerprint density at radius 1 is 1.00 bits per heavy atom. The number of hydrogen-bond acceptors (Lipinski definition) is 4. The number of nitrogens with one attached hydrogen (secondary N) is 2. The number of methoxy groups -OCH3 is 1. The van der Waals surface area contributed by atoms with Gasteiger partial charge in [-0.2, -0.15) is 0 Å². The van der Waals surface area contributed by atoms with Gasteiger partial charge in [-0.15, -0.1) is 0 Å². The molecule has 0 saturated heterocycles. The molecule has 152 valence electrons. The Balaban J connectivity index is 1.57.